The lowest BCUT2D eigenvalue weighted by Gasteiger charge is -2.33. The van der Waals surface area contributed by atoms with Gasteiger partial charge in [-0.3, -0.25) is 9.59 Å². The number of aryl methyl sites for hydroxylation is 1. The standard InChI is InChI=1S/C33H37N3O4S/c1-24(2)34-33(38)31(20-26-12-6-5-7-13-26)36(22-27-14-10-11-25(3)19-27)32(37)23-35(4)41(39,40)30-18-17-28-15-8-9-16-29(28)21-30/h5-19,21,24,31H,20,22-23H2,1-4H3,(H,34,38)/t31-/m1/s1. The number of carbonyl (C=O) groups excluding carboxylic acids is 2. The number of fused-ring (bicyclic) bond motifs is 1. The summed E-state index contributed by atoms with van der Waals surface area (Å²) in [5.74, 6) is -0.747. The van der Waals surface area contributed by atoms with Crippen LogP contribution in [0.1, 0.15) is 30.5 Å². The number of nitrogens with zero attached hydrogens (tertiary/aromatic N) is 2. The van der Waals surface area contributed by atoms with Crippen molar-refractivity contribution in [1.82, 2.24) is 14.5 Å². The van der Waals surface area contributed by atoms with Gasteiger partial charge in [-0.2, -0.15) is 4.31 Å². The molecule has 2 amide bonds. The smallest absolute Gasteiger partial charge is 0.243 e. The van der Waals surface area contributed by atoms with Crippen molar-refractivity contribution in [3.05, 3.63) is 114 Å². The monoisotopic (exact) mass is 571 g/mol. The molecule has 4 rings (SSSR count). The van der Waals surface area contributed by atoms with Gasteiger partial charge in [0.05, 0.1) is 11.4 Å². The molecular weight excluding hydrogens is 534 g/mol. The van der Waals surface area contributed by atoms with E-state index >= 15 is 0 Å². The molecule has 0 heterocycles. The van der Waals surface area contributed by atoms with Crippen LogP contribution in [-0.2, 0) is 32.6 Å². The van der Waals surface area contributed by atoms with E-state index in [-0.39, 0.29) is 29.8 Å². The minimum absolute atomic E-state index is 0.107. The Balaban J connectivity index is 1.67. The first-order valence-corrected chi connectivity index (χ1v) is 15.1. The molecule has 1 atom stereocenters. The second-order valence-electron chi connectivity index (χ2n) is 10.6. The third-order valence-electron chi connectivity index (χ3n) is 6.92. The second-order valence-corrected chi connectivity index (χ2v) is 12.7. The number of hydrogen-bond acceptors (Lipinski definition) is 4. The predicted octanol–water partition coefficient (Wildman–Crippen LogP) is 4.93. The molecule has 7 nitrogen and oxygen atoms in total. The summed E-state index contributed by atoms with van der Waals surface area (Å²) in [6.45, 7) is 5.45. The number of sulfonamides is 1. The van der Waals surface area contributed by atoms with Gasteiger partial charge in [0.15, 0.2) is 0 Å². The van der Waals surface area contributed by atoms with Crippen LogP contribution in [0.2, 0.25) is 0 Å². The van der Waals surface area contributed by atoms with Crippen molar-refractivity contribution in [3.63, 3.8) is 0 Å². The SMILES string of the molecule is Cc1cccc(CN(C(=O)CN(C)S(=O)(=O)c2ccc3ccccc3c2)[C@H](Cc2ccccc2)C(=O)NC(C)C)c1. The molecule has 1 N–H and O–H groups in total. The van der Waals surface area contributed by atoms with Crippen molar-refractivity contribution in [2.45, 2.75) is 50.7 Å². The molecule has 0 bridgehead atoms. The summed E-state index contributed by atoms with van der Waals surface area (Å²) in [7, 11) is -2.58. The molecule has 0 aliphatic rings. The molecule has 0 aromatic heterocycles. The Labute approximate surface area is 242 Å². The van der Waals surface area contributed by atoms with Crippen molar-refractivity contribution in [2.75, 3.05) is 13.6 Å². The average molecular weight is 572 g/mol. The first kappa shape index (κ1) is 30.0. The highest BCUT2D eigenvalue weighted by molar-refractivity contribution is 7.89. The van der Waals surface area contributed by atoms with Gasteiger partial charge in [0, 0.05) is 26.1 Å². The maximum absolute atomic E-state index is 14.0. The van der Waals surface area contributed by atoms with Gasteiger partial charge >= 0.3 is 0 Å². The van der Waals surface area contributed by atoms with E-state index < -0.39 is 28.5 Å². The Morgan fingerprint density at radius 3 is 2.15 bits per heavy atom. The highest BCUT2D eigenvalue weighted by Gasteiger charge is 2.33. The topological polar surface area (TPSA) is 86.8 Å². The van der Waals surface area contributed by atoms with Crippen molar-refractivity contribution in [2.24, 2.45) is 0 Å². The zero-order chi connectivity index (χ0) is 29.6. The van der Waals surface area contributed by atoms with Gasteiger partial charge in [0.1, 0.15) is 6.04 Å². The Kier molecular flexibility index (Phi) is 9.57. The van der Waals surface area contributed by atoms with E-state index in [1.165, 1.54) is 11.9 Å². The lowest BCUT2D eigenvalue weighted by atomic mass is 10.0. The normalized spacial score (nSPS) is 12.4. The molecule has 0 saturated carbocycles. The zero-order valence-corrected chi connectivity index (χ0v) is 24.8. The molecule has 41 heavy (non-hydrogen) atoms. The molecule has 214 valence electrons. The number of hydrogen-bond donors (Lipinski definition) is 1. The lowest BCUT2D eigenvalue weighted by molar-refractivity contribution is -0.141. The summed E-state index contributed by atoms with van der Waals surface area (Å²) in [5.41, 5.74) is 2.78. The van der Waals surface area contributed by atoms with Crippen LogP contribution in [0.5, 0.6) is 0 Å². The van der Waals surface area contributed by atoms with Crippen molar-refractivity contribution >= 4 is 32.6 Å². The average Bonchev–Trinajstić information content (AvgIpc) is 2.94. The van der Waals surface area contributed by atoms with Crippen LogP contribution in [0.3, 0.4) is 0 Å². The fraction of sp³-hybridized carbons (Fsp3) is 0.273. The van der Waals surface area contributed by atoms with Crippen molar-refractivity contribution < 1.29 is 18.0 Å². The van der Waals surface area contributed by atoms with Crippen LogP contribution in [0.25, 0.3) is 10.8 Å². The summed E-state index contributed by atoms with van der Waals surface area (Å²) >= 11 is 0. The lowest BCUT2D eigenvalue weighted by Crippen LogP contribution is -2.53. The highest BCUT2D eigenvalue weighted by atomic mass is 32.2. The third kappa shape index (κ3) is 7.60. The van der Waals surface area contributed by atoms with E-state index in [4.69, 9.17) is 0 Å². The molecule has 0 spiro atoms. The molecule has 0 saturated heterocycles. The van der Waals surface area contributed by atoms with Gasteiger partial charge in [0.25, 0.3) is 0 Å². The Bertz CT molecular complexity index is 1620. The maximum Gasteiger partial charge on any atom is 0.243 e. The Hall–Kier alpha value is -4.01. The summed E-state index contributed by atoms with van der Waals surface area (Å²) in [6.07, 6.45) is 0.290. The number of benzene rings is 4. The number of rotatable bonds is 11. The van der Waals surface area contributed by atoms with Crippen LogP contribution < -0.4 is 5.32 Å². The second kappa shape index (κ2) is 13.1. The summed E-state index contributed by atoms with van der Waals surface area (Å²) in [5, 5.41) is 4.68. The molecule has 4 aromatic rings. The molecule has 0 unspecified atom stereocenters. The number of likely N-dealkylation sites (N-methyl/N-ethyl adjacent to an activating group) is 1. The van der Waals surface area contributed by atoms with Gasteiger partial charge in [-0.05, 0) is 54.8 Å². The number of amides is 2. The van der Waals surface area contributed by atoms with Crippen LogP contribution >= 0.6 is 0 Å². The molecule has 4 aromatic carbocycles. The number of nitrogens with one attached hydrogen (secondary N) is 1. The summed E-state index contributed by atoms with van der Waals surface area (Å²) in [4.78, 5) is 29.2. The zero-order valence-electron chi connectivity index (χ0n) is 23.9. The first-order valence-electron chi connectivity index (χ1n) is 13.7. The van der Waals surface area contributed by atoms with Crippen LogP contribution in [0.15, 0.2) is 102 Å². The van der Waals surface area contributed by atoms with Crippen LogP contribution in [0.4, 0.5) is 0 Å². The largest absolute Gasteiger partial charge is 0.352 e. The molecule has 0 fully saturated rings. The molecule has 0 radical (unpaired) electrons. The Morgan fingerprint density at radius 2 is 1.46 bits per heavy atom. The van der Waals surface area contributed by atoms with Gasteiger partial charge in [-0.25, -0.2) is 8.42 Å². The van der Waals surface area contributed by atoms with Crippen molar-refractivity contribution in [1.29, 1.82) is 0 Å². The minimum atomic E-state index is -3.98. The molecular formula is C33H37N3O4S. The van der Waals surface area contributed by atoms with Crippen molar-refractivity contribution in [3.8, 4) is 0 Å². The van der Waals surface area contributed by atoms with Gasteiger partial charge in [-0.15, -0.1) is 0 Å². The van der Waals surface area contributed by atoms with E-state index in [1.807, 2.05) is 99.6 Å². The fourth-order valence-electron chi connectivity index (χ4n) is 4.82. The molecule has 8 heteroatoms. The van der Waals surface area contributed by atoms with Crippen LogP contribution in [-0.4, -0.2) is 55.1 Å². The first-order chi connectivity index (χ1) is 19.5. The summed E-state index contributed by atoms with van der Waals surface area (Å²) in [6, 6.07) is 28.7. The van der Waals surface area contributed by atoms with E-state index in [0.717, 1.165) is 31.8 Å². The van der Waals surface area contributed by atoms with E-state index in [2.05, 4.69) is 5.32 Å². The van der Waals surface area contributed by atoms with Gasteiger partial charge in [0.2, 0.25) is 21.8 Å². The predicted molar refractivity (Wildman–Crippen MR) is 163 cm³/mol. The summed E-state index contributed by atoms with van der Waals surface area (Å²) < 4.78 is 28.2. The van der Waals surface area contributed by atoms with E-state index in [0.29, 0.717) is 0 Å². The van der Waals surface area contributed by atoms with E-state index in [9.17, 15) is 18.0 Å². The van der Waals surface area contributed by atoms with Crippen LogP contribution in [0, 0.1) is 6.92 Å². The number of carbonyl (C=O) groups is 2. The molecule has 0 aliphatic carbocycles. The Morgan fingerprint density at radius 1 is 0.805 bits per heavy atom. The minimum Gasteiger partial charge on any atom is -0.352 e. The quantitative estimate of drug-likeness (QED) is 0.277. The fourth-order valence-corrected chi connectivity index (χ4v) is 5.97. The van der Waals surface area contributed by atoms with Gasteiger partial charge < -0.3 is 10.2 Å². The highest BCUT2D eigenvalue weighted by Crippen LogP contribution is 2.22. The maximum atomic E-state index is 14.0. The third-order valence-corrected chi connectivity index (χ3v) is 8.72. The van der Waals surface area contributed by atoms with Gasteiger partial charge in [-0.1, -0.05) is 90.5 Å². The van der Waals surface area contributed by atoms with E-state index in [1.54, 1.807) is 18.2 Å². The molecule has 0 aliphatic heterocycles.